The molecule has 0 aliphatic rings. The lowest BCUT2D eigenvalue weighted by molar-refractivity contribution is -0.120. The van der Waals surface area contributed by atoms with Crippen molar-refractivity contribution in [2.45, 2.75) is 33.1 Å². The number of nitrogens with zero attached hydrogens (tertiary/aromatic N) is 4. The van der Waals surface area contributed by atoms with Crippen molar-refractivity contribution in [3.63, 3.8) is 0 Å². The first kappa shape index (κ1) is 18.1. The zero-order chi connectivity index (χ0) is 18.9. The van der Waals surface area contributed by atoms with Crippen LogP contribution in [0.25, 0.3) is 5.69 Å². The molecule has 3 heterocycles. The zero-order valence-electron chi connectivity index (χ0n) is 15.1. The van der Waals surface area contributed by atoms with E-state index in [0.29, 0.717) is 16.5 Å². The molecule has 0 aromatic carbocycles. The highest BCUT2D eigenvalue weighted by Crippen LogP contribution is 2.27. The van der Waals surface area contributed by atoms with Gasteiger partial charge in [-0.2, -0.15) is 5.10 Å². The normalized spacial score (nSPS) is 11.4. The third-order valence-electron chi connectivity index (χ3n) is 4.16. The molecule has 0 unspecified atom stereocenters. The Morgan fingerprint density at radius 1 is 1.19 bits per heavy atom. The Labute approximate surface area is 157 Å². The summed E-state index contributed by atoms with van der Waals surface area (Å²) >= 11 is 5.97. The number of aryl methyl sites for hydroxylation is 2. The maximum atomic E-state index is 12.8. The second kappa shape index (κ2) is 6.88. The SMILES string of the molecule is Cc1cncc(-n2ccc(NC(=O)C(C)(C)c3ncc(Cl)cc3C)n2)c1. The van der Waals surface area contributed by atoms with E-state index in [1.807, 2.05) is 33.8 Å². The van der Waals surface area contributed by atoms with E-state index >= 15 is 0 Å². The van der Waals surface area contributed by atoms with Crippen molar-refractivity contribution in [3.05, 3.63) is 64.8 Å². The number of halogens is 1. The molecule has 0 atom stereocenters. The molecule has 0 aliphatic carbocycles. The predicted octanol–water partition coefficient (Wildman–Crippen LogP) is 3.85. The second-order valence-electron chi connectivity index (χ2n) is 6.76. The second-order valence-corrected chi connectivity index (χ2v) is 7.20. The van der Waals surface area contributed by atoms with Gasteiger partial charge in [-0.3, -0.25) is 14.8 Å². The molecule has 0 saturated carbocycles. The summed E-state index contributed by atoms with van der Waals surface area (Å²) in [5, 5.41) is 7.82. The van der Waals surface area contributed by atoms with Gasteiger partial charge < -0.3 is 5.32 Å². The van der Waals surface area contributed by atoms with Crippen LogP contribution in [0.1, 0.15) is 30.7 Å². The minimum absolute atomic E-state index is 0.192. The van der Waals surface area contributed by atoms with E-state index in [1.54, 1.807) is 41.6 Å². The zero-order valence-corrected chi connectivity index (χ0v) is 15.9. The van der Waals surface area contributed by atoms with Crippen molar-refractivity contribution >= 4 is 23.3 Å². The maximum absolute atomic E-state index is 12.8. The topological polar surface area (TPSA) is 72.7 Å². The van der Waals surface area contributed by atoms with E-state index in [-0.39, 0.29) is 5.91 Å². The van der Waals surface area contributed by atoms with E-state index in [1.165, 1.54) is 0 Å². The van der Waals surface area contributed by atoms with Gasteiger partial charge in [0.2, 0.25) is 5.91 Å². The smallest absolute Gasteiger partial charge is 0.237 e. The number of amides is 1. The van der Waals surface area contributed by atoms with Crippen molar-refractivity contribution in [2.75, 3.05) is 5.32 Å². The van der Waals surface area contributed by atoms with Gasteiger partial charge in [-0.25, -0.2) is 4.68 Å². The molecule has 0 bridgehead atoms. The molecule has 7 heteroatoms. The molecule has 3 rings (SSSR count). The first-order valence-electron chi connectivity index (χ1n) is 8.19. The van der Waals surface area contributed by atoms with Gasteiger partial charge in [0, 0.05) is 24.7 Å². The molecule has 0 radical (unpaired) electrons. The Morgan fingerprint density at radius 2 is 1.96 bits per heavy atom. The Morgan fingerprint density at radius 3 is 2.65 bits per heavy atom. The Balaban J connectivity index is 1.81. The molecule has 3 aromatic heterocycles. The summed E-state index contributed by atoms with van der Waals surface area (Å²) in [5.41, 5.74) is 2.59. The van der Waals surface area contributed by atoms with Crippen LogP contribution in [0, 0.1) is 13.8 Å². The average molecular weight is 370 g/mol. The van der Waals surface area contributed by atoms with Crippen LogP contribution in [-0.4, -0.2) is 25.7 Å². The number of pyridine rings is 2. The number of aromatic nitrogens is 4. The van der Waals surface area contributed by atoms with Crippen LogP contribution in [0.4, 0.5) is 5.82 Å². The molecule has 0 aliphatic heterocycles. The lowest BCUT2D eigenvalue weighted by atomic mass is 9.85. The van der Waals surface area contributed by atoms with Crippen LogP contribution in [0.15, 0.2) is 43.0 Å². The summed E-state index contributed by atoms with van der Waals surface area (Å²) in [4.78, 5) is 21.3. The first-order chi connectivity index (χ1) is 12.3. The van der Waals surface area contributed by atoms with Crippen molar-refractivity contribution in [1.82, 2.24) is 19.7 Å². The molecule has 3 aromatic rings. The Bertz CT molecular complexity index is 964. The maximum Gasteiger partial charge on any atom is 0.237 e. The van der Waals surface area contributed by atoms with E-state index in [0.717, 1.165) is 16.8 Å². The molecule has 0 saturated heterocycles. The molecular formula is C19H20ClN5O. The summed E-state index contributed by atoms with van der Waals surface area (Å²) in [7, 11) is 0. The van der Waals surface area contributed by atoms with Crippen LogP contribution in [0.2, 0.25) is 5.02 Å². The number of nitrogens with one attached hydrogen (secondary N) is 1. The van der Waals surface area contributed by atoms with Crippen molar-refractivity contribution in [1.29, 1.82) is 0 Å². The summed E-state index contributed by atoms with van der Waals surface area (Å²) < 4.78 is 1.68. The third-order valence-corrected chi connectivity index (χ3v) is 4.37. The number of anilines is 1. The quantitative estimate of drug-likeness (QED) is 0.758. The lowest BCUT2D eigenvalue weighted by Crippen LogP contribution is -2.36. The molecule has 6 nitrogen and oxygen atoms in total. The van der Waals surface area contributed by atoms with Crippen LogP contribution < -0.4 is 5.32 Å². The van der Waals surface area contributed by atoms with Crippen LogP contribution in [-0.2, 0) is 10.2 Å². The molecule has 0 spiro atoms. The fraction of sp³-hybridized carbons (Fsp3) is 0.263. The van der Waals surface area contributed by atoms with Gasteiger partial charge in [0.1, 0.15) is 0 Å². The van der Waals surface area contributed by atoms with E-state index < -0.39 is 5.41 Å². The first-order valence-corrected chi connectivity index (χ1v) is 8.57. The van der Waals surface area contributed by atoms with Gasteiger partial charge in [-0.15, -0.1) is 0 Å². The largest absolute Gasteiger partial charge is 0.308 e. The van der Waals surface area contributed by atoms with E-state index in [4.69, 9.17) is 11.6 Å². The van der Waals surface area contributed by atoms with Gasteiger partial charge in [-0.1, -0.05) is 11.6 Å². The molecular weight excluding hydrogens is 350 g/mol. The molecule has 1 N–H and O–H groups in total. The highest BCUT2D eigenvalue weighted by atomic mass is 35.5. The molecule has 134 valence electrons. The van der Waals surface area contributed by atoms with Crippen molar-refractivity contribution < 1.29 is 4.79 Å². The van der Waals surface area contributed by atoms with Crippen LogP contribution in [0.5, 0.6) is 0 Å². The minimum Gasteiger partial charge on any atom is -0.308 e. The fourth-order valence-corrected chi connectivity index (χ4v) is 2.99. The summed E-state index contributed by atoms with van der Waals surface area (Å²) in [6.07, 6.45) is 6.83. The van der Waals surface area contributed by atoms with E-state index in [9.17, 15) is 4.79 Å². The molecule has 26 heavy (non-hydrogen) atoms. The van der Waals surface area contributed by atoms with Crippen LogP contribution >= 0.6 is 11.6 Å². The number of hydrogen-bond acceptors (Lipinski definition) is 4. The van der Waals surface area contributed by atoms with Gasteiger partial charge in [-0.05, 0) is 51.0 Å². The average Bonchev–Trinajstić information content (AvgIpc) is 3.03. The number of carbonyl (C=O) groups excluding carboxylic acids is 1. The number of carbonyl (C=O) groups is 1. The molecule has 1 amide bonds. The standard InChI is InChI=1S/C19H20ClN5O/c1-12-7-15(11-21-9-12)25-6-5-16(24-25)23-18(26)19(3,4)17-13(2)8-14(20)10-22-17/h5-11H,1-4H3,(H,23,24,26). The molecule has 0 fully saturated rings. The van der Waals surface area contributed by atoms with Crippen molar-refractivity contribution in [3.8, 4) is 5.69 Å². The predicted molar refractivity (Wildman–Crippen MR) is 102 cm³/mol. The van der Waals surface area contributed by atoms with E-state index in [2.05, 4.69) is 20.4 Å². The monoisotopic (exact) mass is 369 g/mol. The fourth-order valence-electron chi connectivity index (χ4n) is 2.77. The van der Waals surface area contributed by atoms with Gasteiger partial charge in [0.15, 0.2) is 5.82 Å². The van der Waals surface area contributed by atoms with Gasteiger partial charge >= 0.3 is 0 Å². The van der Waals surface area contributed by atoms with Gasteiger partial charge in [0.25, 0.3) is 0 Å². The summed E-state index contributed by atoms with van der Waals surface area (Å²) in [6.45, 7) is 7.51. The minimum atomic E-state index is -0.830. The van der Waals surface area contributed by atoms with Gasteiger partial charge in [0.05, 0.1) is 28.0 Å². The Kier molecular flexibility index (Phi) is 4.78. The van der Waals surface area contributed by atoms with Crippen molar-refractivity contribution in [2.24, 2.45) is 0 Å². The highest BCUT2D eigenvalue weighted by molar-refractivity contribution is 6.30. The lowest BCUT2D eigenvalue weighted by Gasteiger charge is -2.24. The Hall–Kier alpha value is -2.73. The summed E-state index contributed by atoms with van der Waals surface area (Å²) in [6, 6.07) is 5.52. The highest BCUT2D eigenvalue weighted by Gasteiger charge is 2.33. The van der Waals surface area contributed by atoms with Crippen LogP contribution in [0.3, 0.4) is 0 Å². The number of hydrogen-bond donors (Lipinski definition) is 1. The third kappa shape index (κ3) is 3.60. The number of rotatable bonds is 4. The summed E-state index contributed by atoms with van der Waals surface area (Å²) in [5.74, 6) is 0.277.